The zero-order valence-corrected chi connectivity index (χ0v) is 17.8. The van der Waals surface area contributed by atoms with Crippen LogP contribution < -0.4 is 5.56 Å². The van der Waals surface area contributed by atoms with Gasteiger partial charge in [-0.05, 0) is 34.9 Å². The van der Waals surface area contributed by atoms with Gasteiger partial charge in [0.25, 0.3) is 5.56 Å². The van der Waals surface area contributed by atoms with Crippen molar-refractivity contribution in [3.05, 3.63) is 123 Å². The minimum atomic E-state index is -0.374. The maximum Gasteiger partial charge on any atom is 0.263 e. The largest absolute Gasteiger partial charge is 0.291 e. The lowest BCUT2D eigenvalue weighted by Crippen LogP contribution is -2.26. The molecule has 32 heavy (non-hydrogen) atoms. The van der Waals surface area contributed by atoms with Crippen LogP contribution in [0.25, 0.3) is 21.3 Å². The van der Waals surface area contributed by atoms with E-state index in [1.54, 1.807) is 30.3 Å². The highest BCUT2D eigenvalue weighted by atomic mass is 32.1. The van der Waals surface area contributed by atoms with Crippen molar-refractivity contribution in [2.24, 2.45) is 0 Å². The summed E-state index contributed by atoms with van der Waals surface area (Å²) in [6.45, 7) is 0.146. The van der Waals surface area contributed by atoms with Crippen LogP contribution in [0.2, 0.25) is 0 Å². The maximum absolute atomic E-state index is 14.4. The van der Waals surface area contributed by atoms with Crippen LogP contribution in [0.15, 0.2) is 89.0 Å². The normalized spacial score (nSPS) is 11.2. The molecule has 6 heteroatoms. The molecule has 0 aliphatic rings. The molecule has 5 aromatic rings. The second-order valence-electron chi connectivity index (χ2n) is 7.51. The van der Waals surface area contributed by atoms with Crippen LogP contribution in [0.5, 0.6) is 0 Å². The lowest BCUT2D eigenvalue weighted by molar-refractivity contribution is 0.604. The summed E-state index contributed by atoms with van der Waals surface area (Å²) in [5, 5.41) is 2.45. The summed E-state index contributed by atoms with van der Waals surface area (Å²) in [5.74, 6) is -0.283. The Bertz CT molecular complexity index is 1470. The summed E-state index contributed by atoms with van der Waals surface area (Å²) in [4.78, 5) is 19.1. The molecule has 0 saturated carbocycles. The molecule has 0 fully saturated rings. The molecule has 2 aromatic heterocycles. The SMILES string of the molecule is O=c1c2c(-c3ccccc3)csc2nc(Cc2ccccc2F)n1Cc1cccc(F)c1. The molecule has 0 atom stereocenters. The number of fused-ring (bicyclic) bond motifs is 1. The first kappa shape index (κ1) is 20.3. The average molecular weight is 445 g/mol. The standard InChI is InChI=1S/C26H18F2N2OS/c27-20-11-6-7-17(13-20)15-30-23(14-19-10-4-5-12-22(19)28)29-25-24(26(30)31)21(16-32-25)18-8-2-1-3-9-18/h1-13,16H,14-15H2. The molecule has 158 valence electrons. The fraction of sp³-hybridized carbons (Fsp3) is 0.0769. The number of rotatable bonds is 5. The summed E-state index contributed by atoms with van der Waals surface area (Å²) in [6.07, 6.45) is 0.158. The molecule has 0 unspecified atom stereocenters. The van der Waals surface area contributed by atoms with Crippen LogP contribution in [-0.4, -0.2) is 9.55 Å². The van der Waals surface area contributed by atoms with Crippen molar-refractivity contribution in [3.63, 3.8) is 0 Å². The first-order valence-electron chi connectivity index (χ1n) is 10.1. The third kappa shape index (κ3) is 3.85. The number of hydrogen-bond acceptors (Lipinski definition) is 3. The molecule has 0 aliphatic carbocycles. The van der Waals surface area contributed by atoms with E-state index >= 15 is 0 Å². The highest BCUT2D eigenvalue weighted by molar-refractivity contribution is 7.17. The minimum Gasteiger partial charge on any atom is -0.291 e. The Balaban J connectivity index is 1.71. The lowest BCUT2D eigenvalue weighted by atomic mass is 10.1. The molecular formula is C26H18F2N2OS. The molecule has 3 aromatic carbocycles. The van der Waals surface area contributed by atoms with E-state index in [1.807, 2.05) is 35.7 Å². The number of aromatic nitrogens is 2. The Kier molecular flexibility index (Phi) is 5.37. The van der Waals surface area contributed by atoms with Gasteiger partial charge in [-0.1, -0.05) is 60.7 Å². The predicted octanol–water partition coefficient (Wildman–Crippen LogP) is 6.04. The van der Waals surface area contributed by atoms with E-state index < -0.39 is 0 Å². The third-order valence-corrected chi connectivity index (χ3v) is 6.27. The first-order valence-corrected chi connectivity index (χ1v) is 11.0. The van der Waals surface area contributed by atoms with Crippen molar-refractivity contribution in [1.29, 1.82) is 0 Å². The van der Waals surface area contributed by atoms with Crippen LogP contribution in [0.3, 0.4) is 0 Å². The number of nitrogens with zero attached hydrogens (tertiary/aromatic N) is 2. The smallest absolute Gasteiger partial charge is 0.263 e. The molecule has 0 bridgehead atoms. The van der Waals surface area contributed by atoms with Crippen molar-refractivity contribution in [2.75, 3.05) is 0 Å². The molecule has 0 saturated heterocycles. The van der Waals surface area contributed by atoms with E-state index in [0.717, 1.165) is 11.1 Å². The van der Waals surface area contributed by atoms with Gasteiger partial charge in [-0.2, -0.15) is 0 Å². The molecule has 0 N–H and O–H groups in total. The minimum absolute atomic E-state index is 0.146. The fourth-order valence-electron chi connectivity index (χ4n) is 3.82. The van der Waals surface area contributed by atoms with Crippen molar-refractivity contribution in [1.82, 2.24) is 9.55 Å². The number of benzene rings is 3. The van der Waals surface area contributed by atoms with Crippen molar-refractivity contribution >= 4 is 21.6 Å². The van der Waals surface area contributed by atoms with Gasteiger partial charge < -0.3 is 0 Å². The maximum atomic E-state index is 14.4. The molecule has 0 amide bonds. The summed E-state index contributed by atoms with van der Waals surface area (Å²) in [6, 6.07) is 22.2. The van der Waals surface area contributed by atoms with E-state index in [2.05, 4.69) is 0 Å². The quantitative estimate of drug-likeness (QED) is 0.331. The van der Waals surface area contributed by atoms with Crippen LogP contribution >= 0.6 is 11.3 Å². The van der Waals surface area contributed by atoms with Gasteiger partial charge >= 0.3 is 0 Å². The Morgan fingerprint density at radius 2 is 1.69 bits per heavy atom. The number of halogens is 2. The first-order chi connectivity index (χ1) is 15.6. The van der Waals surface area contributed by atoms with Crippen LogP contribution in [0.4, 0.5) is 8.78 Å². The summed E-state index contributed by atoms with van der Waals surface area (Å²) in [7, 11) is 0. The van der Waals surface area contributed by atoms with Gasteiger partial charge in [0.05, 0.1) is 11.9 Å². The van der Waals surface area contributed by atoms with Gasteiger partial charge in [0.15, 0.2) is 0 Å². The van der Waals surface area contributed by atoms with Gasteiger partial charge in [-0.15, -0.1) is 11.3 Å². The lowest BCUT2D eigenvalue weighted by Gasteiger charge is -2.14. The van der Waals surface area contributed by atoms with Crippen LogP contribution in [0, 0.1) is 11.6 Å². The monoisotopic (exact) mass is 444 g/mol. The van der Waals surface area contributed by atoms with Gasteiger partial charge in [0.2, 0.25) is 0 Å². The molecule has 0 aliphatic heterocycles. The van der Waals surface area contributed by atoms with Gasteiger partial charge in [0.1, 0.15) is 22.3 Å². The zero-order valence-electron chi connectivity index (χ0n) is 17.0. The average Bonchev–Trinajstić information content (AvgIpc) is 3.23. The highest BCUT2D eigenvalue weighted by Crippen LogP contribution is 2.31. The third-order valence-electron chi connectivity index (χ3n) is 5.39. The van der Waals surface area contributed by atoms with Crippen molar-refractivity contribution in [3.8, 4) is 11.1 Å². The fourth-order valence-corrected chi connectivity index (χ4v) is 4.78. The second kappa shape index (κ2) is 8.48. The summed E-state index contributed by atoms with van der Waals surface area (Å²) in [5.41, 5.74) is 2.61. The van der Waals surface area contributed by atoms with Gasteiger partial charge in [0, 0.05) is 17.4 Å². The van der Waals surface area contributed by atoms with E-state index in [1.165, 1.54) is 34.1 Å². The van der Waals surface area contributed by atoms with E-state index in [-0.39, 0.29) is 30.2 Å². The number of thiophene rings is 1. The molecule has 3 nitrogen and oxygen atoms in total. The van der Waals surface area contributed by atoms with E-state index in [9.17, 15) is 13.6 Å². The Labute approximate surface area is 187 Å². The van der Waals surface area contributed by atoms with E-state index in [4.69, 9.17) is 4.98 Å². The van der Waals surface area contributed by atoms with Crippen LogP contribution in [0.1, 0.15) is 17.0 Å². The summed E-state index contributed by atoms with van der Waals surface area (Å²) < 4.78 is 29.7. The van der Waals surface area contributed by atoms with Gasteiger partial charge in [-0.25, -0.2) is 13.8 Å². The summed E-state index contributed by atoms with van der Waals surface area (Å²) >= 11 is 1.39. The predicted molar refractivity (Wildman–Crippen MR) is 124 cm³/mol. The van der Waals surface area contributed by atoms with Crippen molar-refractivity contribution in [2.45, 2.75) is 13.0 Å². The molecular weight excluding hydrogens is 426 g/mol. The number of hydrogen-bond donors (Lipinski definition) is 0. The molecule has 0 spiro atoms. The second-order valence-corrected chi connectivity index (χ2v) is 8.37. The van der Waals surface area contributed by atoms with Crippen LogP contribution in [-0.2, 0) is 13.0 Å². The zero-order chi connectivity index (χ0) is 22.1. The van der Waals surface area contributed by atoms with E-state index in [0.29, 0.717) is 27.2 Å². The molecule has 0 radical (unpaired) electrons. The Hall–Kier alpha value is -3.64. The Morgan fingerprint density at radius 1 is 0.906 bits per heavy atom. The van der Waals surface area contributed by atoms with Gasteiger partial charge in [-0.3, -0.25) is 9.36 Å². The topological polar surface area (TPSA) is 34.9 Å². The highest BCUT2D eigenvalue weighted by Gasteiger charge is 2.18. The Morgan fingerprint density at radius 3 is 2.47 bits per heavy atom. The molecule has 2 heterocycles. The molecule has 5 rings (SSSR count). The van der Waals surface area contributed by atoms with Crippen molar-refractivity contribution < 1.29 is 8.78 Å².